The lowest BCUT2D eigenvalue weighted by molar-refractivity contribution is -0.125. The van der Waals surface area contributed by atoms with Gasteiger partial charge < -0.3 is 0 Å². The number of Topliss-reactive ketones (excluding diaryl/α,β-unsaturated/α-hetero) is 1. The van der Waals surface area contributed by atoms with Crippen molar-refractivity contribution in [2.45, 2.75) is 19.9 Å². The van der Waals surface area contributed by atoms with Gasteiger partial charge in [0, 0.05) is 11.1 Å². The summed E-state index contributed by atoms with van der Waals surface area (Å²) in [6.07, 6.45) is 0. The summed E-state index contributed by atoms with van der Waals surface area (Å²) in [6, 6.07) is 12.5. The molecule has 2 aromatic rings. The first-order chi connectivity index (χ1) is 13.5. The quantitative estimate of drug-likeness (QED) is 0.734. The number of carbonyl (C=O) groups excluding carboxylic acids is 2. The van der Waals surface area contributed by atoms with E-state index in [0.717, 1.165) is 11.3 Å². The summed E-state index contributed by atoms with van der Waals surface area (Å²) >= 11 is 1.19. The lowest BCUT2D eigenvalue weighted by atomic mass is 10.1. The molecule has 0 unspecified atom stereocenters. The second kappa shape index (κ2) is 7.31. The first-order valence-corrected chi connectivity index (χ1v) is 9.95. The van der Waals surface area contributed by atoms with Crippen LogP contribution in [0.1, 0.15) is 29.8 Å². The molecule has 2 aliphatic rings. The van der Waals surface area contributed by atoms with Crippen molar-refractivity contribution >= 4 is 40.1 Å². The number of amides is 1. The fourth-order valence-electron chi connectivity index (χ4n) is 3.15. The number of amidine groups is 2. The van der Waals surface area contributed by atoms with Gasteiger partial charge in [0.2, 0.25) is 0 Å². The van der Waals surface area contributed by atoms with Crippen molar-refractivity contribution < 1.29 is 14.0 Å². The SMILES string of the molecule is CC(C)[C@@H]1N=C2c3ccccc3N=C(SCC(=O)c3ccc(F)cc3)N2C1=O. The Morgan fingerprint density at radius 2 is 1.89 bits per heavy atom. The van der Waals surface area contributed by atoms with Crippen LogP contribution in [0.5, 0.6) is 0 Å². The summed E-state index contributed by atoms with van der Waals surface area (Å²) < 4.78 is 13.1. The molecule has 0 radical (unpaired) electrons. The van der Waals surface area contributed by atoms with Crippen molar-refractivity contribution in [1.29, 1.82) is 0 Å². The normalized spacial score (nSPS) is 17.9. The van der Waals surface area contributed by atoms with E-state index in [2.05, 4.69) is 9.98 Å². The summed E-state index contributed by atoms with van der Waals surface area (Å²) in [6.45, 7) is 3.91. The van der Waals surface area contributed by atoms with Crippen molar-refractivity contribution in [2.75, 3.05) is 5.75 Å². The number of rotatable bonds is 4. The zero-order valence-corrected chi connectivity index (χ0v) is 16.2. The fraction of sp³-hybridized carbons (Fsp3) is 0.238. The standard InChI is InChI=1S/C21H18FN3O2S/c1-12(2)18-20(27)25-19(24-18)15-5-3-4-6-16(15)23-21(25)28-11-17(26)13-7-9-14(22)10-8-13/h3-10,12,18H,11H2,1-2H3/t18-/m0/s1. The van der Waals surface area contributed by atoms with Crippen LogP contribution in [0.15, 0.2) is 58.5 Å². The average Bonchev–Trinajstić information content (AvgIpc) is 3.04. The van der Waals surface area contributed by atoms with Crippen LogP contribution in [0, 0.1) is 11.7 Å². The third-order valence-electron chi connectivity index (χ3n) is 4.63. The summed E-state index contributed by atoms with van der Waals surface area (Å²) in [5, 5.41) is 0.445. The van der Waals surface area contributed by atoms with E-state index in [4.69, 9.17) is 0 Å². The van der Waals surface area contributed by atoms with Gasteiger partial charge in [-0.15, -0.1) is 0 Å². The number of thioether (sulfide) groups is 1. The first kappa shape index (κ1) is 18.6. The van der Waals surface area contributed by atoms with E-state index in [9.17, 15) is 14.0 Å². The van der Waals surface area contributed by atoms with Gasteiger partial charge in [0.15, 0.2) is 11.0 Å². The Balaban J connectivity index is 1.62. The van der Waals surface area contributed by atoms with E-state index < -0.39 is 6.04 Å². The van der Waals surface area contributed by atoms with E-state index in [0.29, 0.717) is 16.6 Å². The molecule has 0 fully saturated rings. The van der Waals surface area contributed by atoms with E-state index >= 15 is 0 Å². The van der Waals surface area contributed by atoms with Crippen LogP contribution in [0.2, 0.25) is 0 Å². The Hall–Kier alpha value is -2.80. The lowest BCUT2D eigenvalue weighted by Gasteiger charge is -2.25. The summed E-state index contributed by atoms with van der Waals surface area (Å²) in [7, 11) is 0. The number of para-hydroxylation sites is 1. The van der Waals surface area contributed by atoms with Gasteiger partial charge in [-0.1, -0.05) is 37.7 Å². The third-order valence-corrected chi connectivity index (χ3v) is 5.57. The Labute approximate surface area is 166 Å². The Morgan fingerprint density at radius 3 is 2.61 bits per heavy atom. The molecule has 0 spiro atoms. The van der Waals surface area contributed by atoms with Gasteiger partial charge in [0.25, 0.3) is 5.91 Å². The largest absolute Gasteiger partial charge is 0.293 e. The van der Waals surface area contributed by atoms with Crippen LogP contribution in [-0.2, 0) is 4.79 Å². The minimum Gasteiger partial charge on any atom is -0.293 e. The minimum atomic E-state index is -0.459. The molecule has 2 heterocycles. The number of nitrogens with zero attached hydrogens (tertiary/aromatic N) is 3. The molecule has 5 nitrogen and oxygen atoms in total. The van der Waals surface area contributed by atoms with Gasteiger partial charge in [0.05, 0.1) is 11.4 Å². The molecule has 0 aromatic heterocycles. The number of halogens is 1. The highest BCUT2D eigenvalue weighted by molar-refractivity contribution is 8.14. The smallest absolute Gasteiger partial charge is 0.259 e. The molecular formula is C21H18FN3O2S. The molecule has 0 bridgehead atoms. The van der Waals surface area contributed by atoms with E-state index in [1.807, 2.05) is 38.1 Å². The minimum absolute atomic E-state index is 0.0601. The van der Waals surface area contributed by atoms with Crippen LogP contribution in [0.3, 0.4) is 0 Å². The third kappa shape index (κ3) is 3.26. The predicted octanol–water partition coefficient (Wildman–Crippen LogP) is 4.06. The van der Waals surface area contributed by atoms with Crippen LogP contribution in [0.4, 0.5) is 10.1 Å². The van der Waals surface area contributed by atoms with Crippen molar-refractivity contribution in [3.63, 3.8) is 0 Å². The number of ketones is 1. The molecule has 7 heteroatoms. The molecular weight excluding hydrogens is 377 g/mol. The predicted molar refractivity (Wildman–Crippen MR) is 109 cm³/mol. The lowest BCUT2D eigenvalue weighted by Crippen LogP contribution is -2.42. The molecule has 0 aliphatic carbocycles. The maximum atomic E-state index is 13.1. The summed E-state index contributed by atoms with van der Waals surface area (Å²) in [4.78, 5) is 36.2. The molecule has 0 saturated carbocycles. The molecule has 28 heavy (non-hydrogen) atoms. The molecule has 0 N–H and O–H groups in total. The second-order valence-electron chi connectivity index (χ2n) is 6.95. The van der Waals surface area contributed by atoms with Crippen molar-refractivity contribution in [1.82, 2.24) is 4.90 Å². The number of carbonyl (C=O) groups is 2. The molecule has 0 saturated heterocycles. The molecule has 1 atom stereocenters. The number of hydrogen-bond donors (Lipinski definition) is 0. The molecule has 2 aromatic carbocycles. The maximum absolute atomic E-state index is 13.1. The number of benzene rings is 2. The van der Waals surface area contributed by atoms with Crippen LogP contribution in [0.25, 0.3) is 0 Å². The Kier molecular flexibility index (Phi) is 4.85. The monoisotopic (exact) mass is 395 g/mol. The fourth-order valence-corrected chi connectivity index (χ4v) is 4.05. The average molecular weight is 395 g/mol. The summed E-state index contributed by atoms with van der Waals surface area (Å²) in [5.41, 5.74) is 1.96. The zero-order valence-electron chi connectivity index (χ0n) is 15.4. The molecule has 142 valence electrons. The van der Waals surface area contributed by atoms with Crippen LogP contribution < -0.4 is 0 Å². The van der Waals surface area contributed by atoms with Gasteiger partial charge in [-0.05, 0) is 42.3 Å². The van der Waals surface area contributed by atoms with E-state index in [1.165, 1.54) is 40.9 Å². The summed E-state index contributed by atoms with van der Waals surface area (Å²) in [5.74, 6) is 0.0736. The van der Waals surface area contributed by atoms with Gasteiger partial charge in [-0.2, -0.15) is 0 Å². The Bertz CT molecular complexity index is 1010. The first-order valence-electron chi connectivity index (χ1n) is 8.97. The topological polar surface area (TPSA) is 62.1 Å². The van der Waals surface area contributed by atoms with Gasteiger partial charge in [-0.25, -0.2) is 14.3 Å². The Morgan fingerprint density at radius 1 is 1.18 bits per heavy atom. The van der Waals surface area contributed by atoms with Crippen LogP contribution in [-0.4, -0.2) is 39.4 Å². The van der Waals surface area contributed by atoms with E-state index in [-0.39, 0.29) is 29.2 Å². The molecule has 4 rings (SSSR count). The van der Waals surface area contributed by atoms with E-state index in [1.54, 1.807) is 0 Å². The van der Waals surface area contributed by atoms with Crippen molar-refractivity contribution in [3.8, 4) is 0 Å². The highest BCUT2D eigenvalue weighted by Gasteiger charge is 2.42. The van der Waals surface area contributed by atoms with Gasteiger partial charge in [0.1, 0.15) is 17.7 Å². The molecule has 2 aliphatic heterocycles. The van der Waals surface area contributed by atoms with Gasteiger partial charge in [-0.3, -0.25) is 14.6 Å². The number of fused-ring (bicyclic) bond motifs is 3. The highest BCUT2D eigenvalue weighted by atomic mass is 32.2. The number of aliphatic imine (C=N–C) groups is 2. The molecule has 1 amide bonds. The highest BCUT2D eigenvalue weighted by Crippen LogP contribution is 2.34. The maximum Gasteiger partial charge on any atom is 0.259 e. The second-order valence-corrected chi connectivity index (χ2v) is 7.89. The van der Waals surface area contributed by atoms with Gasteiger partial charge >= 0.3 is 0 Å². The zero-order chi connectivity index (χ0) is 19.8. The van der Waals surface area contributed by atoms with Crippen molar-refractivity contribution in [3.05, 3.63) is 65.5 Å². The number of hydrogen-bond acceptors (Lipinski definition) is 5. The van der Waals surface area contributed by atoms with Crippen LogP contribution >= 0.6 is 11.8 Å². The van der Waals surface area contributed by atoms with Crippen molar-refractivity contribution in [2.24, 2.45) is 15.9 Å².